The Morgan fingerprint density at radius 3 is 1.41 bits per heavy atom. The summed E-state index contributed by atoms with van der Waals surface area (Å²) >= 11 is 4.69. The van der Waals surface area contributed by atoms with E-state index in [0.717, 1.165) is 0 Å². The summed E-state index contributed by atoms with van der Waals surface area (Å²) in [6.07, 6.45) is 18.1. The molecule has 0 N–H and O–H groups in total. The first-order valence-corrected chi connectivity index (χ1v) is 8.51. The SMILES string of the molecule is CCCCCCCCCC(S)CCCCCC. The van der Waals surface area contributed by atoms with Gasteiger partial charge in [-0.3, -0.25) is 0 Å². The average molecular weight is 259 g/mol. The zero-order chi connectivity index (χ0) is 12.8. The molecule has 1 heteroatoms. The van der Waals surface area contributed by atoms with Gasteiger partial charge in [-0.1, -0.05) is 84.5 Å². The number of hydrogen-bond donors (Lipinski definition) is 1. The van der Waals surface area contributed by atoms with Gasteiger partial charge < -0.3 is 0 Å². The number of rotatable bonds is 13. The predicted octanol–water partition coefficient (Wildman–Crippen LogP) is 6.40. The van der Waals surface area contributed by atoms with Crippen molar-refractivity contribution >= 4 is 12.6 Å². The van der Waals surface area contributed by atoms with Crippen molar-refractivity contribution in [3.63, 3.8) is 0 Å². The molecule has 0 aliphatic carbocycles. The third-order valence-corrected chi connectivity index (χ3v) is 4.05. The fraction of sp³-hybridized carbons (Fsp3) is 1.00. The normalized spacial score (nSPS) is 12.9. The highest BCUT2D eigenvalue weighted by atomic mass is 32.1. The Morgan fingerprint density at radius 1 is 0.588 bits per heavy atom. The lowest BCUT2D eigenvalue weighted by Gasteiger charge is -2.10. The molecule has 0 aliphatic rings. The molecule has 0 fully saturated rings. The van der Waals surface area contributed by atoms with Gasteiger partial charge in [0.1, 0.15) is 0 Å². The maximum absolute atomic E-state index is 4.69. The molecule has 1 unspecified atom stereocenters. The second-order valence-corrected chi connectivity index (χ2v) is 6.14. The Kier molecular flexibility index (Phi) is 14.7. The molecule has 0 rings (SSSR count). The Hall–Kier alpha value is 0.350. The van der Waals surface area contributed by atoms with Crippen LogP contribution in [0.3, 0.4) is 0 Å². The molecule has 0 radical (unpaired) electrons. The maximum Gasteiger partial charge on any atom is 0.00168 e. The van der Waals surface area contributed by atoms with Crippen molar-refractivity contribution in [2.24, 2.45) is 0 Å². The van der Waals surface area contributed by atoms with Crippen molar-refractivity contribution in [3.05, 3.63) is 0 Å². The van der Waals surface area contributed by atoms with Gasteiger partial charge in [-0.05, 0) is 12.8 Å². The van der Waals surface area contributed by atoms with Crippen molar-refractivity contribution < 1.29 is 0 Å². The lowest BCUT2D eigenvalue weighted by Crippen LogP contribution is -1.98. The van der Waals surface area contributed by atoms with Crippen LogP contribution in [0.2, 0.25) is 0 Å². The van der Waals surface area contributed by atoms with E-state index in [-0.39, 0.29) is 0 Å². The number of hydrogen-bond acceptors (Lipinski definition) is 1. The summed E-state index contributed by atoms with van der Waals surface area (Å²) in [6, 6.07) is 0. The highest BCUT2D eigenvalue weighted by molar-refractivity contribution is 7.80. The third-order valence-electron chi connectivity index (χ3n) is 3.53. The highest BCUT2D eigenvalue weighted by Gasteiger charge is 2.02. The van der Waals surface area contributed by atoms with Crippen molar-refractivity contribution in [1.82, 2.24) is 0 Å². The van der Waals surface area contributed by atoms with Gasteiger partial charge in [-0.15, -0.1) is 0 Å². The predicted molar refractivity (Wildman–Crippen MR) is 84.1 cm³/mol. The van der Waals surface area contributed by atoms with Gasteiger partial charge in [0.15, 0.2) is 0 Å². The molecule has 104 valence electrons. The number of thiol groups is 1. The van der Waals surface area contributed by atoms with Gasteiger partial charge >= 0.3 is 0 Å². The van der Waals surface area contributed by atoms with E-state index in [0.29, 0.717) is 5.25 Å². The van der Waals surface area contributed by atoms with Crippen LogP contribution in [0.25, 0.3) is 0 Å². The van der Waals surface area contributed by atoms with E-state index < -0.39 is 0 Å². The second kappa shape index (κ2) is 14.4. The molecule has 17 heavy (non-hydrogen) atoms. The van der Waals surface area contributed by atoms with Crippen molar-refractivity contribution in [1.29, 1.82) is 0 Å². The van der Waals surface area contributed by atoms with E-state index in [1.807, 2.05) is 0 Å². The molecule has 0 saturated carbocycles. The molecule has 0 aromatic carbocycles. The zero-order valence-electron chi connectivity index (χ0n) is 12.2. The molecular formula is C16H34S. The Balaban J connectivity index is 3.08. The summed E-state index contributed by atoms with van der Waals surface area (Å²) in [4.78, 5) is 0. The smallest absolute Gasteiger partial charge is 0.00168 e. The van der Waals surface area contributed by atoms with Crippen LogP contribution in [-0.4, -0.2) is 5.25 Å². The van der Waals surface area contributed by atoms with Crippen molar-refractivity contribution in [2.75, 3.05) is 0 Å². The van der Waals surface area contributed by atoms with Gasteiger partial charge in [0.2, 0.25) is 0 Å². The van der Waals surface area contributed by atoms with Gasteiger partial charge in [0, 0.05) is 5.25 Å². The van der Waals surface area contributed by atoms with E-state index in [4.69, 9.17) is 12.6 Å². The Bertz CT molecular complexity index is 133. The van der Waals surface area contributed by atoms with Crippen LogP contribution in [-0.2, 0) is 0 Å². The fourth-order valence-electron chi connectivity index (χ4n) is 2.29. The third kappa shape index (κ3) is 14.3. The van der Waals surface area contributed by atoms with E-state index >= 15 is 0 Å². The minimum Gasteiger partial charge on any atom is -0.176 e. The van der Waals surface area contributed by atoms with E-state index in [1.165, 1.54) is 83.5 Å². The first-order valence-electron chi connectivity index (χ1n) is 7.99. The summed E-state index contributed by atoms with van der Waals surface area (Å²) in [6.45, 7) is 4.56. The molecule has 0 aromatic rings. The van der Waals surface area contributed by atoms with Crippen LogP contribution >= 0.6 is 12.6 Å². The Morgan fingerprint density at radius 2 is 0.941 bits per heavy atom. The fourth-order valence-corrected chi connectivity index (χ4v) is 2.65. The molecule has 0 aliphatic heterocycles. The van der Waals surface area contributed by atoms with Gasteiger partial charge in [-0.2, -0.15) is 12.6 Å². The monoisotopic (exact) mass is 258 g/mol. The van der Waals surface area contributed by atoms with Crippen LogP contribution in [0.15, 0.2) is 0 Å². The first kappa shape index (κ1) is 17.4. The molecule has 0 bridgehead atoms. The molecule has 0 aromatic heterocycles. The summed E-state index contributed by atoms with van der Waals surface area (Å²) in [5.41, 5.74) is 0. The van der Waals surface area contributed by atoms with E-state index in [9.17, 15) is 0 Å². The molecule has 0 heterocycles. The average Bonchev–Trinajstić information content (AvgIpc) is 2.33. The largest absolute Gasteiger partial charge is 0.176 e. The lowest BCUT2D eigenvalue weighted by atomic mass is 10.0. The molecule has 0 amide bonds. The molecular weight excluding hydrogens is 224 g/mol. The van der Waals surface area contributed by atoms with Gasteiger partial charge in [0.05, 0.1) is 0 Å². The zero-order valence-corrected chi connectivity index (χ0v) is 13.1. The van der Waals surface area contributed by atoms with Gasteiger partial charge in [0.25, 0.3) is 0 Å². The molecule has 1 atom stereocenters. The standard InChI is InChI=1S/C16H34S/c1-3-5-7-9-10-11-13-15-16(17)14-12-8-6-4-2/h16-17H,3-15H2,1-2H3. The summed E-state index contributed by atoms with van der Waals surface area (Å²) < 4.78 is 0. The van der Waals surface area contributed by atoms with Crippen LogP contribution in [0.1, 0.15) is 97.3 Å². The maximum atomic E-state index is 4.69. The summed E-state index contributed by atoms with van der Waals surface area (Å²) in [5, 5.41) is 0.669. The summed E-state index contributed by atoms with van der Waals surface area (Å²) in [7, 11) is 0. The molecule has 0 nitrogen and oxygen atoms in total. The van der Waals surface area contributed by atoms with E-state index in [2.05, 4.69) is 13.8 Å². The quantitative estimate of drug-likeness (QED) is 0.287. The first-order chi connectivity index (χ1) is 8.31. The topological polar surface area (TPSA) is 0 Å². The van der Waals surface area contributed by atoms with E-state index in [1.54, 1.807) is 0 Å². The molecule has 0 saturated heterocycles. The second-order valence-electron chi connectivity index (χ2n) is 5.41. The lowest BCUT2D eigenvalue weighted by molar-refractivity contribution is 0.547. The van der Waals surface area contributed by atoms with Crippen LogP contribution in [0.5, 0.6) is 0 Å². The van der Waals surface area contributed by atoms with Crippen LogP contribution in [0.4, 0.5) is 0 Å². The van der Waals surface area contributed by atoms with Crippen LogP contribution < -0.4 is 0 Å². The van der Waals surface area contributed by atoms with Crippen LogP contribution in [0, 0.1) is 0 Å². The van der Waals surface area contributed by atoms with Crippen molar-refractivity contribution in [2.45, 2.75) is 103 Å². The molecule has 0 spiro atoms. The Labute approximate surface area is 115 Å². The highest BCUT2D eigenvalue weighted by Crippen LogP contribution is 2.17. The minimum absolute atomic E-state index is 0.669. The summed E-state index contributed by atoms with van der Waals surface area (Å²) in [5.74, 6) is 0. The van der Waals surface area contributed by atoms with Crippen molar-refractivity contribution in [3.8, 4) is 0 Å². The number of unbranched alkanes of at least 4 members (excludes halogenated alkanes) is 9. The van der Waals surface area contributed by atoms with Gasteiger partial charge in [-0.25, -0.2) is 0 Å². The minimum atomic E-state index is 0.669.